The predicted octanol–water partition coefficient (Wildman–Crippen LogP) is 2.70. The van der Waals surface area contributed by atoms with E-state index < -0.39 is 0 Å². The number of rotatable bonds is 4. The lowest BCUT2D eigenvalue weighted by molar-refractivity contribution is 0.327. The molecule has 3 N–H and O–H groups in total. The van der Waals surface area contributed by atoms with E-state index in [4.69, 9.17) is 10.5 Å². The summed E-state index contributed by atoms with van der Waals surface area (Å²) < 4.78 is 5.55. The SMILES string of the molecule is COc1c(C)cc(C)cc1C(N)CC1CCNCC1. The molecule has 2 rings (SSSR count). The summed E-state index contributed by atoms with van der Waals surface area (Å²) in [6.07, 6.45) is 3.53. The van der Waals surface area contributed by atoms with Gasteiger partial charge in [0, 0.05) is 11.6 Å². The van der Waals surface area contributed by atoms with Crippen LogP contribution in [0.5, 0.6) is 5.75 Å². The van der Waals surface area contributed by atoms with E-state index in [0.29, 0.717) is 0 Å². The number of hydrogen-bond donors (Lipinski definition) is 2. The Bertz CT molecular complexity index is 425. The van der Waals surface area contributed by atoms with Gasteiger partial charge in [-0.2, -0.15) is 0 Å². The molecule has 1 saturated heterocycles. The van der Waals surface area contributed by atoms with Crippen LogP contribution in [-0.4, -0.2) is 20.2 Å². The first-order valence-electron chi connectivity index (χ1n) is 7.23. The van der Waals surface area contributed by atoms with Gasteiger partial charge in [0.1, 0.15) is 5.75 Å². The highest BCUT2D eigenvalue weighted by Gasteiger charge is 2.20. The summed E-state index contributed by atoms with van der Waals surface area (Å²) in [6.45, 7) is 6.46. The van der Waals surface area contributed by atoms with Crippen LogP contribution in [0.1, 0.15) is 42.0 Å². The van der Waals surface area contributed by atoms with Crippen LogP contribution in [0.4, 0.5) is 0 Å². The van der Waals surface area contributed by atoms with Crippen LogP contribution in [0.25, 0.3) is 0 Å². The average molecular weight is 262 g/mol. The summed E-state index contributed by atoms with van der Waals surface area (Å²) in [4.78, 5) is 0. The van der Waals surface area contributed by atoms with Crippen LogP contribution in [0, 0.1) is 19.8 Å². The maximum Gasteiger partial charge on any atom is 0.126 e. The second-order valence-electron chi connectivity index (χ2n) is 5.74. The first kappa shape index (κ1) is 14.4. The summed E-state index contributed by atoms with van der Waals surface area (Å²) in [5.41, 5.74) is 10.0. The third-order valence-corrected chi connectivity index (χ3v) is 4.10. The third-order valence-electron chi connectivity index (χ3n) is 4.10. The molecule has 0 bridgehead atoms. The number of benzene rings is 1. The van der Waals surface area contributed by atoms with Crippen molar-refractivity contribution in [1.29, 1.82) is 0 Å². The number of nitrogens with two attached hydrogens (primary N) is 1. The monoisotopic (exact) mass is 262 g/mol. The van der Waals surface area contributed by atoms with Gasteiger partial charge in [-0.3, -0.25) is 0 Å². The molecule has 1 aliphatic rings. The molecule has 1 aliphatic heterocycles. The van der Waals surface area contributed by atoms with Crippen molar-refractivity contribution in [3.05, 3.63) is 28.8 Å². The molecule has 0 amide bonds. The number of ether oxygens (including phenoxy) is 1. The fourth-order valence-corrected chi connectivity index (χ4v) is 3.14. The van der Waals surface area contributed by atoms with Gasteiger partial charge < -0.3 is 15.8 Å². The summed E-state index contributed by atoms with van der Waals surface area (Å²) in [5.74, 6) is 1.70. The molecular formula is C16H26N2O. The zero-order chi connectivity index (χ0) is 13.8. The summed E-state index contributed by atoms with van der Waals surface area (Å²) in [7, 11) is 1.73. The van der Waals surface area contributed by atoms with Gasteiger partial charge in [-0.1, -0.05) is 17.7 Å². The van der Waals surface area contributed by atoms with E-state index in [2.05, 4.69) is 31.3 Å². The fourth-order valence-electron chi connectivity index (χ4n) is 3.14. The van der Waals surface area contributed by atoms with Crippen molar-refractivity contribution in [3.63, 3.8) is 0 Å². The van der Waals surface area contributed by atoms with Crippen molar-refractivity contribution in [2.24, 2.45) is 11.7 Å². The molecule has 1 atom stereocenters. The Morgan fingerprint density at radius 1 is 1.32 bits per heavy atom. The molecule has 0 aliphatic carbocycles. The molecule has 1 fully saturated rings. The molecule has 1 unspecified atom stereocenters. The Morgan fingerprint density at radius 2 is 2.00 bits per heavy atom. The van der Waals surface area contributed by atoms with Crippen molar-refractivity contribution in [2.45, 2.75) is 39.2 Å². The predicted molar refractivity (Wildman–Crippen MR) is 79.6 cm³/mol. The summed E-state index contributed by atoms with van der Waals surface area (Å²) in [5, 5.41) is 3.40. The van der Waals surface area contributed by atoms with Gasteiger partial charge in [-0.15, -0.1) is 0 Å². The Balaban J connectivity index is 2.15. The van der Waals surface area contributed by atoms with E-state index in [1.54, 1.807) is 7.11 Å². The second-order valence-corrected chi connectivity index (χ2v) is 5.74. The van der Waals surface area contributed by atoms with Crippen molar-refractivity contribution in [2.75, 3.05) is 20.2 Å². The van der Waals surface area contributed by atoms with Gasteiger partial charge in [-0.25, -0.2) is 0 Å². The highest BCUT2D eigenvalue weighted by atomic mass is 16.5. The van der Waals surface area contributed by atoms with E-state index in [1.165, 1.54) is 29.5 Å². The van der Waals surface area contributed by atoms with Crippen LogP contribution in [-0.2, 0) is 0 Å². The molecular weight excluding hydrogens is 236 g/mol. The van der Waals surface area contributed by atoms with Crippen LogP contribution < -0.4 is 15.8 Å². The first-order valence-corrected chi connectivity index (χ1v) is 7.23. The minimum atomic E-state index is 0.0802. The Hall–Kier alpha value is -1.06. The lowest BCUT2D eigenvalue weighted by Gasteiger charge is -2.26. The van der Waals surface area contributed by atoms with Crippen LogP contribution in [0.2, 0.25) is 0 Å². The molecule has 0 saturated carbocycles. The first-order chi connectivity index (χ1) is 9.11. The number of hydrogen-bond acceptors (Lipinski definition) is 3. The molecule has 106 valence electrons. The maximum absolute atomic E-state index is 6.44. The smallest absolute Gasteiger partial charge is 0.126 e. The lowest BCUT2D eigenvalue weighted by atomic mass is 9.87. The molecule has 0 aromatic heterocycles. The van der Waals surface area contributed by atoms with Crippen LogP contribution >= 0.6 is 0 Å². The van der Waals surface area contributed by atoms with Gasteiger partial charge in [0.05, 0.1) is 7.11 Å². The molecule has 19 heavy (non-hydrogen) atoms. The maximum atomic E-state index is 6.44. The Labute approximate surface area is 116 Å². The molecule has 0 spiro atoms. The normalized spacial score (nSPS) is 18.3. The van der Waals surface area contributed by atoms with Gasteiger partial charge in [0.2, 0.25) is 0 Å². The molecule has 1 heterocycles. The van der Waals surface area contributed by atoms with Crippen molar-refractivity contribution in [3.8, 4) is 5.75 Å². The van der Waals surface area contributed by atoms with E-state index in [-0.39, 0.29) is 6.04 Å². The molecule has 3 nitrogen and oxygen atoms in total. The number of piperidine rings is 1. The molecule has 3 heteroatoms. The zero-order valence-corrected chi connectivity index (χ0v) is 12.3. The standard InChI is InChI=1S/C16H26N2O/c1-11-8-12(2)16(19-3)14(9-11)15(17)10-13-4-6-18-7-5-13/h8-9,13,15,18H,4-7,10,17H2,1-3H3. The zero-order valence-electron chi connectivity index (χ0n) is 12.3. The molecule has 1 aromatic rings. The summed E-state index contributed by atoms with van der Waals surface area (Å²) in [6, 6.07) is 4.41. The van der Waals surface area contributed by atoms with Crippen LogP contribution in [0.15, 0.2) is 12.1 Å². The van der Waals surface area contributed by atoms with Crippen LogP contribution in [0.3, 0.4) is 0 Å². The number of nitrogens with one attached hydrogen (secondary N) is 1. The van der Waals surface area contributed by atoms with Crippen molar-refractivity contribution in [1.82, 2.24) is 5.32 Å². The average Bonchev–Trinajstić information content (AvgIpc) is 2.39. The van der Waals surface area contributed by atoms with Gasteiger partial charge in [0.15, 0.2) is 0 Å². The summed E-state index contributed by atoms with van der Waals surface area (Å²) >= 11 is 0. The topological polar surface area (TPSA) is 47.3 Å². The lowest BCUT2D eigenvalue weighted by Crippen LogP contribution is -2.29. The Morgan fingerprint density at radius 3 is 2.63 bits per heavy atom. The van der Waals surface area contributed by atoms with Crippen molar-refractivity contribution < 1.29 is 4.74 Å². The quantitative estimate of drug-likeness (QED) is 0.877. The minimum Gasteiger partial charge on any atom is -0.496 e. The highest BCUT2D eigenvalue weighted by Crippen LogP contribution is 2.33. The third kappa shape index (κ3) is 3.48. The largest absolute Gasteiger partial charge is 0.496 e. The van der Waals surface area contributed by atoms with Crippen molar-refractivity contribution >= 4 is 0 Å². The molecule has 1 aromatic carbocycles. The highest BCUT2D eigenvalue weighted by molar-refractivity contribution is 5.45. The number of aryl methyl sites for hydroxylation is 2. The second kappa shape index (κ2) is 6.40. The van der Waals surface area contributed by atoms with E-state index in [1.807, 2.05) is 0 Å². The number of methoxy groups -OCH3 is 1. The van der Waals surface area contributed by atoms with E-state index in [9.17, 15) is 0 Å². The van der Waals surface area contributed by atoms with E-state index >= 15 is 0 Å². The van der Waals surface area contributed by atoms with Gasteiger partial charge >= 0.3 is 0 Å². The fraction of sp³-hybridized carbons (Fsp3) is 0.625. The Kier molecular flexibility index (Phi) is 4.83. The van der Waals surface area contributed by atoms with E-state index in [0.717, 1.165) is 31.2 Å². The van der Waals surface area contributed by atoms with Gasteiger partial charge in [-0.05, 0) is 57.7 Å². The molecule has 0 radical (unpaired) electrons. The van der Waals surface area contributed by atoms with Gasteiger partial charge in [0.25, 0.3) is 0 Å². The minimum absolute atomic E-state index is 0.0802.